The molecule has 2 aliphatic rings. The lowest BCUT2D eigenvalue weighted by Gasteiger charge is -2.36. The fourth-order valence-corrected chi connectivity index (χ4v) is 3.45. The van der Waals surface area contributed by atoms with Gasteiger partial charge >= 0.3 is 6.09 Å². The van der Waals surface area contributed by atoms with E-state index in [0.29, 0.717) is 19.7 Å². The third-order valence-corrected chi connectivity index (χ3v) is 4.64. The number of likely N-dealkylation sites (tertiary alicyclic amines) is 1. The van der Waals surface area contributed by atoms with Gasteiger partial charge in [0.05, 0.1) is 11.5 Å². The Morgan fingerprint density at radius 2 is 1.92 bits per heavy atom. The Morgan fingerprint density at radius 3 is 2.50 bits per heavy atom. The first-order chi connectivity index (χ1) is 11.0. The Kier molecular flexibility index (Phi) is 5.47. The maximum Gasteiger partial charge on any atom is 0.410 e. The Bertz CT molecular complexity index is 484. The van der Waals surface area contributed by atoms with Crippen molar-refractivity contribution in [1.29, 1.82) is 0 Å². The molecule has 0 radical (unpaired) electrons. The van der Waals surface area contributed by atoms with E-state index in [1.54, 1.807) is 4.90 Å². The van der Waals surface area contributed by atoms with Crippen LogP contribution in [-0.4, -0.2) is 53.8 Å². The standard InChI is InChI=1S/C18H32N2O4/c1-12-10-20(16(22)24-17(2,3)4)11-14(12)15(21)19-13-7-8-23-18(5,6)9-13/h12-14H,7-11H2,1-6H3,(H,19,21)/t12-,13-,14-/m1/s1. The molecule has 3 atom stereocenters. The van der Waals surface area contributed by atoms with E-state index in [-0.39, 0.29) is 35.5 Å². The van der Waals surface area contributed by atoms with Gasteiger partial charge in [0.25, 0.3) is 0 Å². The SMILES string of the molecule is C[C@@H]1CN(C(=O)OC(C)(C)C)C[C@H]1C(=O)N[C@@H]1CCOC(C)(C)C1. The molecule has 2 aliphatic heterocycles. The summed E-state index contributed by atoms with van der Waals surface area (Å²) in [4.78, 5) is 26.5. The summed E-state index contributed by atoms with van der Waals surface area (Å²) in [5.74, 6) is -0.00916. The van der Waals surface area contributed by atoms with Crippen LogP contribution in [0, 0.1) is 11.8 Å². The van der Waals surface area contributed by atoms with Crippen LogP contribution in [0.5, 0.6) is 0 Å². The number of amides is 2. The molecule has 2 rings (SSSR count). The van der Waals surface area contributed by atoms with Crippen molar-refractivity contribution in [3.63, 3.8) is 0 Å². The maximum absolute atomic E-state index is 12.7. The van der Waals surface area contributed by atoms with Crippen molar-refractivity contribution < 1.29 is 19.1 Å². The minimum absolute atomic E-state index is 0.0382. The zero-order valence-corrected chi connectivity index (χ0v) is 15.8. The van der Waals surface area contributed by atoms with Gasteiger partial charge < -0.3 is 19.7 Å². The summed E-state index contributed by atoms with van der Waals surface area (Å²) in [6.07, 6.45) is 1.32. The van der Waals surface area contributed by atoms with E-state index in [1.165, 1.54) is 0 Å². The Balaban J connectivity index is 1.90. The summed E-state index contributed by atoms with van der Waals surface area (Å²) in [6.45, 7) is 13.3. The van der Waals surface area contributed by atoms with Crippen LogP contribution in [0.3, 0.4) is 0 Å². The van der Waals surface area contributed by atoms with Crippen molar-refractivity contribution in [1.82, 2.24) is 10.2 Å². The van der Waals surface area contributed by atoms with Crippen molar-refractivity contribution >= 4 is 12.0 Å². The smallest absolute Gasteiger partial charge is 0.410 e. The van der Waals surface area contributed by atoms with E-state index < -0.39 is 5.60 Å². The van der Waals surface area contributed by atoms with Gasteiger partial charge in [0.15, 0.2) is 0 Å². The van der Waals surface area contributed by atoms with Crippen LogP contribution in [0.25, 0.3) is 0 Å². The van der Waals surface area contributed by atoms with Crippen molar-refractivity contribution in [2.75, 3.05) is 19.7 Å². The third kappa shape index (κ3) is 5.10. The van der Waals surface area contributed by atoms with Gasteiger partial charge in [-0.25, -0.2) is 4.79 Å². The highest BCUT2D eigenvalue weighted by Gasteiger charge is 2.40. The second kappa shape index (κ2) is 6.90. The van der Waals surface area contributed by atoms with E-state index in [9.17, 15) is 9.59 Å². The van der Waals surface area contributed by atoms with Gasteiger partial charge in [0.1, 0.15) is 5.60 Å². The minimum atomic E-state index is -0.519. The zero-order chi connectivity index (χ0) is 18.1. The fourth-order valence-electron chi connectivity index (χ4n) is 3.45. The molecule has 1 N–H and O–H groups in total. The molecular weight excluding hydrogens is 308 g/mol. The van der Waals surface area contributed by atoms with E-state index in [0.717, 1.165) is 12.8 Å². The highest BCUT2D eigenvalue weighted by Crippen LogP contribution is 2.27. The normalized spacial score (nSPS) is 30.1. The summed E-state index contributed by atoms with van der Waals surface area (Å²) in [5, 5.41) is 3.16. The van der Waals surface area contributed by atoms with Crippen LogP contribution in [0.15, 0.2) is 0 Å². The van der Waals surface area contributed by atoms with Crippen molar-refractivity contribution in [2.45, 2.75) is 71.6 Å². The molecule has 0 aliphatic carbocycles. The molecule has 2 amide bonds. The number of carbonyl (C=O) groups excluding carboxylic acids is 2. The number of rotatable bonds is 2. The van der Waals surface area contributed by atoms with Crippen molar-refractivity contribution in [2.24, 2.45) is 11.8 Å². The predicted molar refractivity (Wildman–Crippen MR) is 91.7 cm³/mol. The number of nitrogens with one attached hydrogen (secondary N) is 1. The van der Waals surface area contributed by atoms with Crippen LogP contribution in [0.1, 0.15) is 54.4 Å². The minimum Gasteiger partial charge on any atom is -0.444 e. The Hall–Kier alpha value is -1.30. The molecule has 2 heterocycles. The molecule has 2 fully saturated rings. The predicted octanol–water partition coefficient (Wildman–Crippen LogP) is 2.56. The van der Waals surface area contributed by atoms with Gasteiger partial charge in [-0.3, -0.25) is 4.79 Å². The lowest BCUT2D eigenvalue weighted by molar-refractivity contribution is -0.128. The lowest BCUT2D eigenvalue weighted by atomic mass is 9.92. The van der Waals surface area contributed by atoms with E-state index in [4.69, 9.17) is 9.47 Å². The summed E-state index contributed by atoms with van der Waals surface area (Å²) >= 11 is 0. The first-order valence-electron chi connectivity index (χ1n) is 8.89. The lowest BCUT2D eigenvalue weighted by Crippen LogP contribution is -2.48. The van der Waals surface area contributed by atoms with Gasteiger partial charge in [0, 0.05) is 25.7 Å². The van der Waals surface area contributed by atoms with Crippen LogP contribution in [0.2, 0.25) is 0 Å². The Labute approximate surface area is 145 Å². The molecule has 0 bridgehead atoms. The zero-order valence-electron chi connectivity index (χ0n) is 15.8. The molecule has 6 heteroatoms. The van der Waals surface area contributed by atoms with Crippen LogP contribution < -0.4 is 5.32 Å². The molecule has 0 spiro atoms. The largest absolute Gasteiger partial charge is 0.444 e. The molecule has 0 saturated carbocycles. The van der Waals surface area contributed by atoms with E-state index >= 15 is 0 Å². The number of hydrogen-bond donors (Lipinski definition) is 1. The third-order valence-electron chi connectivity index (χ3n) is 4.64. The highest BCUT2D eigenvalue weighted by atomic mass is 16.6. The Morgan fingerprint density at radius 1 is 1.25 bits per heavy atom. The maximum atomic E-state index is 12.7. The topological polar surface area (TPSA) is 67.9 Å². The van der Waals surface area contributed by atoms with E-state index in [1.807, 2.05) is 41.5 Å². The quantitative estimate of drug-likeness (QED) is 0.839. The first kappa shape index (κ1) is 19.0. The summed E-state index contributed by atoms with van der Waals surface area (Å²) < 4.78 is 11.1. The first-order valence-corrected chi connectivity index (χ1v) is 8.89. The summed E-state index contributed by atoms with van der Waals surface area (Å²) in [7, 11) is 0. The molecule has 2 saturated heterocycles. The average molecular weight is 340 g/mol. The summed E-state index contributed by atoms with van der Waals surface area (Å²) in [6, 6.07) is 0.143. The molecule has 0 aromatic carbocycles. The van der Waals surface area contributed by atoms with Crippen LogP contribution in [-0.2, 0) is 14.3 Å². The van der Waals surface area contributed by atoms with Gasteiger partial charge in [-0.2, -0.15) is 0 Å². The van der Waals surface area contributed by atoms with Crippen molar-refractivity contribution in [3.05, 3.63) is 0 Å². The molecular formula is C18H32N2O4. The highest BCUT2D eigenvalue weighted by molar-refractivity contribution is 5.81. The number of ether oxygens (including phenoxy) is 2. The van der Waals surface area contributed by atoms with E-state index in [2.05, 4.69) is 5.32 Å². The van der Waals surface area contributed by atoms with Gasteiger partial charge in [-0.1, -0.05) is 6.92 Å². The fraction of sp³-hybridized carbons (Fsp3) is 0.889. The second-order valence-corrected chi connectivity index (χ2v) is 8.78. The molecule has 24 heavy (non-hydrogen) atoms. The average Bonchev–Trinajstić information content (AvgIpc) is 2.78. The molecule has 0 aromatic rings. The number of hydrogen-bond acceptors (Lipinski definition) is 4. The van der Waals surface area contributed by atoms with Gasteiger partial charge in [0.2, 0.25) is 5.91 Å². The summed E-state index contributed by atoms with van der Waals surface area (Å²) in [5.41, 5.74) is -0.714. The monoisotopic (exact) mass is 340 g/mol. The molecule has 0 aromatic heterocycles. The van der Waals surface area contributed by atoms with Crippen molar-refractivity contribution in [3.8, 4) is 0 Å². The number of nitrogens with zero attached hydrogens (tertiary/aromatic N) is 1. The van der Waals surface area contributed by atoms with Gasteiger partial charge in [-0.05, 0) is 53.4 Å². The number of carbonyl (C=O) groups is 2. The van der Waals surface area contributed by atoms with Crippen LogP contribution in [0.4, 0.5) is 4.79 Å². The second-order valence-electron chi connectivity index (χ2n) is 8.78. The van der Waals surface area contributed by atoms with Crippen LogP contribution >= 0.6 is 0 Å². The van der Waals surface area contributed by atoms with Gasteiger partial charge in [-0.15, -0.1) is 0 Å². The molecule has 0 unspecified atom stereocenters. The molecule has 138 valence electrons. The molecule has 6 nitrogen and oxygen atoms in total.